The van der Waals surface area contributed by atoms with Crippen LogP contribution in [0.5, 0.6) is 0 Å². The predicted octanol–water partition coefficient (Wildman–Crippen LogP) is 0.720. The molecule has 3 aliphatic rings. The van der Waals surface area contributed by atoms with Crippen molar-refractivity contribution in [3.8, 4) is 0 Å². The maximum absolute atomic E-state index is 6.35. The number of likely N-dealkylation sites (N-methyl/N-ethyl adjacent to an activating group) is 1. The minimum Gasteiger partial charge on any atom is -0.381 e. The molecule has 2 aliphatic heterocycles. The Morgan fingerprint density at radius 2 is 1.74 bits per heavy atom. The lowest BCUT2D eigenvalue weighted by atomic mass is 9.84. The number of hydrogen-bond acceptors (Lipinski definition) is 5. The van der Waals surface area contributed by atoms with E-state index in [0.717, 1.165) is 58.5 Å². The van der Waals surface area contributed by atoms with Gasteiger partial charge in [0.05, 0.1) is 13.2 Å². The van der Waals surface area contributed by atoms with Gasteiger partial charge in [0.2, 0.25) is 0 Å². The topological polar surface area (TPSA) is 57.0 Å². The van der Waals surface area contributed by atoms with Crippen molar-refractivity contribution in [2.45, 2.75) is 56.0 Å². The summed E-state index contributed by atoms with van der Waals surface area (Å²) in [6, 6.07) is 1.17. The lowest BCUT2D eigenvalue weighted by Crippen LogP contribution is -2.58. The fourth-order valence-corrected chi connectivity index (χ4v) is 3.72. The zero-order valence-electron chi connectivity index (χ0n) is 11.8. The third-order valence-electron chi connectivity index (χ3n) is 4.98. The first kappa shape index (κ1) is 13.8. The molecule has 0 aromatic rings. The monoisotopic (exact) mass is 270 g/mol. The number of nitrogens with two attached hydrogens (primary N) is 1. The fourth-order valence-electron chi connectivity index (χ4n) is 3.72. The van der Waals surface area contributed by atoms with E-state index in [-0.39, 0.29) is 11.8 Å². The third-order valence-corrected chi connectivity index (χ3v) is 4.98. The zero-order valence-corrected chi connectivity index (χ0v) is 11.8. The average molecular weight is 270 g/mol. The van der Waals surface area contributed by atoms with Crippen LogP contribution in [-0.2, 0) is 14.2 Å². The molecule has 2 saturated heterocycles. The first-order valence-corrected chi connectivity index (χ1v) is 7.53. The van der Waals surface area contributed by atoms with E-state index in [1.54, 1.807) is 0 Å². The molecule has 5 heteroatoms. The van der Waals surface area contributed by atoms with Gasteiger partial charge in [-0.3, -0.25) is 4.90 Å². The summed E-state index contributed by atoms with van der Waals surface area (Å²) >= 11 is 0. The minimum atomic E-state index is -0.347. The second-order valence-electron chi connectivity index (χ2n) is 6.09. The molecule has 1 aliphatic carbocycles. The molecule has 1 saturated carbocycles. The summed E-state index contributed by atoms with van der Waals surface area (Å²) in [5.74, 6) is -0.347. The van der Waals surface area contributed by atoms with Crippen molar-refractivity contribution in [2.75, 3.05) is 33.5 Å². The van der Waals surface area contributed by atoms with Crippen LogP contribution in [0.1, 0.15) is 32.1 Å². The first-order chi connectivity index (χ1) is 9.20. The normalized spacial score (nSPS) is 36.2. The van der Waals surface area contributed by atoms with E-state index in [2.05, 4.69) is 11.9 Å². The van der Waals surface area contributed by atoms with Gasteiger partial charge in [0, 0.05) is 44.2 Å². The molecule has 110 valence electrons. The van der Waals surface area contributed by atoms with Crippen LogP contribution in [0.15, 0.2) is 0 Å². The van der Waals surface area contributed by atoms with E-state index >= 15 is 0 Å². The van der Waals surface area contributed by atoms with Crippen molar-refractivity contribution in [2.24, 2.45) is 5.73 Å². The molecule has 2 N–H and O–H groups in total. The number of nitrogens with zero attached hydrogens (tertiary/aromatic N) is 1. The lowest BCUT2D eigenvalue weighted by molar-refractivity contribution is -0.193. The predicted molar refractivity (Wildman–Crippen MR) is 71.9 cm³/mol. The second kappa shape index (κ2) is 5.66. The number of ether oxygens (including phenoxy) is 3. The molecule has 2 heterocycles. The quantitative estimate of drug-likeness (QED) is 0.801. The Hall–Kier alpha value is -0.200. The van der Waals surface area contributed by atoms with Gasteiger partial charge in [0.15, 0.2) is 5.79 Å². The van der Waals surface area contributed by atoms with Gasteiger partial charge < -0.3 is 19.9 Å². The number of hydrogen-bond donors (Lipinski definition) is 1. The fraction of sp³-hybridized carbons (Fsp3) is 1.00. The molecule has 2 atom stereocenters. The van der Waals surface area contributed by atoms with Gasteiger partial charge in [-0.05, 0) is 26.3 Å². The second-order valence-corrected chi connectivity index (χ2v) is 6.09. The molecular formula is C14H26N2O3. The Morgan fingerprint density at radius 3 is 2.42 bits per heavy atom. The Morgan fingerprint density at radius 1 is 1.05 bits per heavy atom. The summed E-state index contributed by atoms with van der Waals surface area (Å²) in [5, 5.41) is 0. The highest BCUT2D eigenvalue weighted by molar-refractivity contribution is 4.96. The summed E-state index contributed by atoms with van der Waals surface area (Å²) in [5.41, 5.74) is 6.35. The van der Waals surface area contributed by atoms with Gasteiger partial charge in [-0.2, -0.15) is 0 Å². The molecule has 0 aromatic carbocycles. The van der Waals surface area contributed by atoms with Crippen LogP contribution in [0.25, 0.3) is 0 Å². The van der Waals surface area contributed by atoms with Gasteiger partial charge in [0.1, 0.15) is 0 Å². The van der Waals surface area contributed by atoms with E-state index in [1.807, 2.05) is 0 Å². The molecule has 2 unspecified atom stereocenters. The largest absolute Gasteiger partial charge is 0.381 e. The van der Waals surface area contributed by atoms with Gasteiger partial charge in [-0.1, -0.05) is 0 Å². The van der Waals surface area contributed by atoms with Crippen molar-refractivity contribution in [1.29, 1.82) is 0 Å². The minimum absolute atomic E-state index is 0.228. The summed E-state index contributed by atoms with van der Waals surface area (Å²) < 4.78 is 17.2. The average Bonchev–Trinajstić information content (AvgIpc) is 2.90. The maximum atomic E-state index is 6.35. The highest BCUT2D eigenvalue weighted by Gasteiger charge is 2.46. The highest BCUT2D eigenvalue weighted by Crippen LogP contribution is 2.38. The van der Waals surface area contributed by atoms with Crippen LogP contribution in [0, 0.1) is 0 Å². The van der Waals surface area contributed by atoms with E-state index in [0.29, 0.717) is 12.1 Å². The van der Waals surface area contributed by atoms with Gasteiger partial charge in [0.25, 0.3) is 0 Å². The summed E-state index contributed by atoms with van der Waals surface area (Å²) in [4.78, 5) is 2.46. The molecule has 5 nitrogen and oxygen atoms in total. The van der Waals surface area contributed by atoms with Gasteiger partial charge in [-0.15, -0.1) is 0 Å². The van der Waals surface area contributed by atoms with Crippen LogP contribution in [-0.4, -0.2) is 62.3 Å². The lowest BCUT2D eigenvalue weighted by Gasteiger charge is -2.46. The molecule has 3 rings (SSSR count). The van der Waals surface area contributed by atoms with Crippen LogP contribution >= 0.6 is 0 Å². The standard InChI is InChI=1S/C14H26N2O3/c1-16(11-3-6-17-7-4-11)13-10-14(5-2-12(13)15)18-8-9-19-14/h11-13H,2-10,15H2,1H3. The summed E-state index contributed by atoms with van der Waals surface area (Å²) in [7, 11) is 2.20. The maximum Gasteiger partial charge on any atom is 0.170 e. The van der Waals surface area contributed by atoms with Crippen molar-refractivity contribution >= 4 is 0 Å². The molecule has 0 amide bonds. The van der Waals surface area contributed by atoms with Crippen molar-refractivity contribution < 1.29 is 14.2 Å². The molecular weight excluding hydrogens is 244 g/mol. The Labute approximate surface area is 115 Å². The summed E-state index contributed by atoms with van der Waals surface area (Å²) in [6.07, 6.45) is 5.04. The van der Waals surface area contributed by atoms with E-state index in [4.69, 9.17) is 19.9 Å². The molecule has 0 aromatic heterocycles. The third kappa shape index (κ3) is 2.81. The smallest absolute Gasteiger partial charge is 0.170 e. The van der Waals surface area contributed by atoms with Crippen LogP contribution in [0.4, 0.5) is 0 Å². The zero-order chi connectivity index (χ0) is 13.3. The van der Waals surface area contributed by atoms with E-state index < -0.39 is 0 Å². The first-order valence-electron chi connectivity index (χ1n) is 7.53. The van der Waals surface area contributed by atoms with E-state index in [9.17, 15) is 0 Å². The van der Waals surface area contributed by atoms with Crippen LogP contribution in [0.3, 0.4) is 0 Å². The molecule has 0 radical (unpaired) electrons. The van der Waals surface area contributed by atoms with E-state index in [1.165, 1.54) is 0 Å². The SMILES string of the molecule is CN(C1CCOCC1)C1CC2(CCC1N)OCCO2. The molecule has 0 bridgehead atoms. The van der Waals surface area contributed by atoms with Crippen molar-refractivity contribution in [1.82, 2.24) is 4.90 Å². The molecule has 1 spiro atoms. The molecule has 19 heavy (non-hydrogen) atoms. The Kier molecular flexibility index (Phi) is 4.10. The highest BCUT2D eigenvalue weighted by atomic mass is 16.7. The van der Waals surface area contributed by atoms with Crippen molar-refractivity contribution in [3.05, 3.63) is 0 Å². The van der Waals surface area contributed by atoms with Gasteiger partial charge in [-0.25, -0.2) is 0 Å². The Bertz CT molecular complexity index is 301. The van der Waals surface area contributed by atoms with Crippen LogP contribution < -0.4 is 5.73 Å². The summed E-state index contributed by atoms with van der Waals surface area (Å²) in [6.45, 7) is 3.19. The Balaban J connectivity index is 1.66. The number of rotatable bonds is 2. The van der Waals surface area contributed by atoms with Gasteiger partial charge >= 0.3 is 0 Å². The van der Waals surface area contributed by atoms with Crippen molar-refractivity contribution in [3.63, 3.8) is 0 Å². The molecule has 3 fully saturated rings. The van der Waals surface area contributed by atoms with Crippen LogP contribution in [0.2, 0.25) is 0 Å².